The highest BCUT2D eigenvalue weighted by Crippen LogP contribution is 2.12. The lowest BCUT2D eigenvalue weighted by molar-refractivity contribution is -0.131. The second-order valence-corrected chi connectivity index (χ2v) is 7.45. The fraction of sp³-hybridized carbons (Fsp3) is 0.533. The number of hydrogen-bond acceptors (Lipinski definition) is 3. The Labute approximate surface area is 130 Å². The van der Waals surface area contributed by atoms with Gasteiger partial charge in [-0.05, 0) is 18.1 Å². The molecule has 1 aliphatic rings. The molecule has 1 heterocycles. The van der Waals surface area contributed by atoms with E-state index in [4.69, 9.17) is 0 Å². The zero-order valence-electron chi connectivity index (χ0n) is 12.7. The van der Waals surface area contributed by atoms with Gasteiger partial charge >= 0.3 is 0 Å². The molecule has 0 atom stereocenters. The van der Waals surface area contributed by atoms with Crippen molar-refractivity contribution >= 4 is 15.9 Å². The molecule has 5 nitrogen and oxygen atoms in total. The molecular weight excluding hydrogens is 307 g/mol. The molecule has 1 aromatic carbocycles. The van der Waals surface area contributed by atoms with E-state index in [1.54, 1.807) is 23.1 Å². The fourth-order valence-corrected chi connectivity index (χ4v) is 4.01. The summed E-state index contributed by atoms with van der Waals surface area (Å²) in [5, 5.41) is 0. The highest BCUT2D eigenvalue weighted by molar-refractivity contribution is 7.89. The normalized spacial score (nSPS) is 16.7. The number of halogens is 1. The summed E-state index contributed by atoms with van der Waals surface area (Å²) >= 11 is 0. The summed E-state index contributed by atoms with van der Waals surface area (Å²) in [5.41, 5.74) is 0.369. The molecule has 22 heavy (non-hydrogen) atoms. The molecule has 122 valence electrons. The quantitative estimate of drug-likeness (QED) is 0.817. The lowest BCUT2D eigenvalue weighted by Gasteiger charge is -2.34. The zero-order valence-corrected chi connectivity index (χ0v) is 13.5. The van der Waals surface area contributed by atoms with Crippen molar-refractivity contribution in [3.8, 4) is 0 Å². The SMILES string of the molecule is CCCS(=O)(=O)N1CCN(C(=O)Cc2ccccc2F)CC1. The van der Waals surface area contributed by atoms with Crippen LogP contribution in [0, 0.1) is 5.82 Å². The number of carbonyl (C=O) groups is 1. The van der Waals surface area contributed by atoms with E-state index in [9.17, 15) is 17.6 Å². The van der Waals surface area contributed by atoms with Crippen molar-refractivity contribution in [2.75, 3.05) is 31.9 Å². The van der Waals surface area contributed by atoms with Crippen molar-refractivity contribution < 1.29 is 17.6 Å². The molecule has 0 aromatic heterocycles. The van der Waals surface area contributed by atoms with Crippen LogP contribution in [-0.2, 0) is 21.2 Å². The Hall–Kier alpha value is -1.47. The van der Waals surface area contributed by atoms with E-state index in [0.717, 1.165) is 0 Å². The average molecular weight is 328 g/mol. The number of nitrogens with zero attached hydrogens (tertiary/aromatic N) is 2. The molecule has 2 rings (SSSR count). The minimum absolute atomic E-state index is 0.00832. The van der Waals surface area contributed by atoms with Crippen LogP contribution in [0.1, 0.15) is 18.9 Å². The number of rotatable bonds is 5. The van der Waals surface area contributed by atoms with Crippen LogP contribution in [0.15, 0.2) is 24.3 Å². The number of sulfonamides is 1. The number of piperazine rings is 1. The van der Waals surface area contributed by atoms with Crippen LogP contribution in [0.4, 0.5) is 4.39 Å². The number of amides is 1. The zero-order chi connectivity index (χ0) is 16.2. The van der Waals surface area contributed by atoms with Gasteiger partial charge in [0.1, 0.15) is 5.82 Å². The monoisotopic (exact) mass is 328 g/mol. The van der Waals surface area contributed by atoms with Crippen molar-refractivity contribution in [3.63, 3.8) is 0 Å². The van der Waals surface area contributed by atoms with Crippen molar-refractivity contribution in [2.24, 2.45) is 0 Å². The predicted molar refractivity (Wildman–Crippen MR) is 82.3 cm³/mol. The van der Waals surface area contributed by atoms with Crippen LogP contribution >= 0.6 is 0 Å². The molecule has 0 bridgehead atoms. The first-order valence-corrected chi connectivity index (χ1v) is 9.04. The Morgan fingerprint density at radius 3 is 2.41 bits per heavy atom. The van der Waals surface area contributed by atoms with Crippen LogP contribution in [0.25, 0.3) is 0 Å². The third kappa shape index (κ3) is 4.04. The Bertz CT molecular complexity index is 625. The Balaban J connectivity index is 1.92. The van der Waals surface area contributed by atoms with Crippen molar-refractivity contribution in [3.05, 3.63) is 35.6 Å². The molecule has 1 amide bonds. The highest BCUT2D eigenvalue weighted by atomic mass is 32.2. The molecule has 1 fully saturated rings. The van der Waals surface area contributed by atoms with Gasteiger partial charge in [0.25, 0.3) is 0 Å². The molecule has 0 radical (unpaired) electrons. The third-order valence-corrected chi connectivity index (χ3v) is 5.82. The molecule has 0 spiro atoms. The summed E-state index contributed by atoms with van der Waals surface area (Å²) in [6.45, 7) is 3.16. The lowest BCUT2D eigenvalue weighted by atomic mass is 10.1. The number of hydrogen-bond donors (Lipinski definition) is 0. The molecule has 0 N–H and O–H groups in total. The maximum absolute atomic E-state index is 13.6. The number of benzene rings is 1. The molecule has 0 saturated carbocycles. The molecule has 0 unspecified atom stereocenters. The number of carbonyl (C=O) groups excluding carboxylic acids is 1. The van der Waals surface area contributed by atoms with E-state index < -0.39 is 10.0 Å². The average Bonchev–Trinajstić information content (AvgIpc) is 2.49. The van der Waals surface area contributed by atoms with Crippen molar-refractivity contribution in [1.82, 2.24) is 9.21 Å². The van der Waals surface area contributed by atoms with E-state index in [1.165, 1.54) is 10.4 Å². The Kier molecular flexibility index (Phi) is 5.52. The molecular formula is C15H21FN2O3S. The fourth-order valence-electron chi connectivity index (χ4n) is 2.52. The standard InChI is InChI=1S/C15H21FN2O3S/c1-2-11-22(20,21)18-9-7-17(8-10-18)15(19)12-13-5-3-4-6-14(13)16/h3-6H,2,7-12H2,1H3. The summed E-state index contributed by atoms with van der Waals surface area (Å²) in [4.78, 5) is 13.8. The van der Waals surface area contributed by atoms with Crippen molar-refractivity contribution in [1.29, 1.82) is 0 Å². The van der Waals surface area contributed by atoms with Crippen LogP contribution < -0.4 is 0 Å². The molecule has 1 saturated heterocycles. The predicted octanol–water partition coefficient (Wildman–Crippen LogP) is 1.25. The van der Waals surface area contributed by atoms with Gasteiger partial charge < -0.3 is 4.90 Å². The van der Waals surface area contributed by atoms with Gasteiger partial charge in [-0.2, -0.15) is 4.31 Å². The first-order valence-electron chi connectivity index (χ1n) is 7.43. The second kappa shape index (κ2) is 7.19. The molecule has 1 aliphatic heterocycles. The summed E-state index contributed by atoms with van der Waals surface area (Å²) in [5.74, 6) is -0.423. The second-order valence-electron chi connectivity index (χ2n) is 5.36. The Morgan fingerprint density at radius 1 is 1.18 bits per heavy atom. The van der Waals surface area contributed by atoms with Gasteiger partial charge in [0.15, 0.2) is 0 Å². The van der Waals surface area contributed by atoms with Crippen molar-refractivity contribution in [2.45, 2.75) is 19.8 Å². The minimum Gasteiger partial charge on any atom is -0.340 e. The Morgan fingerprint density at radius 2 is 1.82 bits per heavy atom. The van der Waals surface area contributed by atoms with Crippen LogP contribution in [0.2, 0.25) is 0 Å². The first-order chi connectivity index (χ1) is 10.4. The third-order valence-electron chi connectivity index (χ3n) is 3.75. The van der Waals surface area contributed by atoms with E-state index >= 15 is 0 Å². The van der Waals surface area contributed by atoms with E-state index in [2.05, 4.69) is 0 Å². The maximum atomic E-state index is 13.6. The topological polar surface area (TPSA) is 57.7 Å². The molecule has 7 heteroatoms. The largest absolute Gasteiger partial charge is 0.340 e. The van der Waals surface area contributed by atoms with Gasteiger partial charge in [0.05, 0.1) is 12.2 Å². The van der Waals surface area contributed by atoms with E-state index in [1.807, 2.05) is 6.92 Å². The summed E-state index contributed by atoms with van der Waals surface area (Å²) in [6, 6.07) is 6.20. The van der Waals surface area contributed by atoms with E-state index in [-0.39, 0.29) is 23.9 Å². The first kappa shape index (κ1) is 16.9. The molecule has 1 aromatic rings. The van der Waals surface area contributed by atoms with E-state index in [0.29, 0.717) is 38.2 Å². The highest BCUT2D eigenvalue weighted by Gasteiger charge is 2.28. The summed E-state index contributed by atoms with van der Waals surface area (Å²) in [7, 11) is -3.21. The lowest BCUT2D eigenvalue weighted by Crippen LogP contribution is -2.51. The van der Waals surface area contributed by atoms with Gasteiger partial charge in [0.2, 0.25) is 15.9 Å². The summed E-state index contributed by atoms with van der Waals surface area (Å²) in [6.07, 6.45) is 0.586. The van der Waals surface area contributed by atoms with Gasteiger partial charge in [-0.3, -0.25) is 4.79 Å². The maximum Gasteiger partial charge on any atom is 0.227 e. The van der Waals surface area contributed by atoms with Gasteiger partial charge in [-0.15, -0.1) is 0 Å². The van der Waals surface area contributed by atoms with Crippen LogP contribution in [0.5, 0.6) is 0 Å². The van der Waals surface area contributed by atoms with Crippen LogP contribution in [-0.4, -0.2) is 55.5 Å². The van der Waals surface area contributed by atoms with Gasteiger partial charge in [0, 0.05) is 26.2 Å². The smallest absolute Gasteiger partial charge is 0.227 e. The van der Waals surface area contributed by atoms with Gasteiger partial charge in [-0.1, -0.05) is 25.1 Å². The van der Waals surface area contributed by atoms with Crippen LogP contribution in [0.3, 0.4) is 0 Å². The molecule has 0 aliphatic carbocycles. The minimum atomic E-state index is -3.21. The summed E-state index contributed by atoms with van der Waals surface area (Å²) < 4.78 is 38.9. The van der Waals surface area contributed by atoms with Gasteiger partial charge in [-0.25, -0.2) is 12.8 Å².